The molecule has 0 aromatic heterocycles. The van der Waals surface area contributed by atoms with Crippen molar-refractivity contribution in [1.82, 2.24) is 0 Å². The summed E-state index contributed by atoms with van der Waals surface area (Å²) in [5.41, 5.74) is 2.61. The monoisotopic (exact) mass is 832 g/mol. The third kappa shape index (κ3) is 10.4. The van der Waals surface area contributed by atoms with Crippen molar-refractivity contribution in [2.75, 3.05) is 24.9 Å². The first-order valence-corrected chi connectivity index (χ1v) is 20.0. The van der Waals surface area contributed by atoms with Crippen molar-refractivity contribution in [3.8, 4) is 11.5 Å². The number of carbonyl (C=O) groups is 2. The summed E-state index contributed by atoms with van der Waals surface area (Å²) < 4.78 is 33.5. The van der Waals surface area contributed by atoms with Crippen molar-refractivity contribution < 1.29 is 48.2 Å². The predicted molar refractivity (Wildman–Crippen MR) is 224 cm³/mol. The summed E-state index contributed by atoms with van der Waals surface area (Å²) in [5.74, 6) is -3.43. The fourth-order valence-electron chi connectivity index (χ4n) is 7.72. The highest BCUT2D eigenvalue weighted by Gasteiger charge is 2.51. The van der Waals surface area contributed by atoms with Crippen LogP contribution in [0.15, 0.2) is 153 Å². The Bertz CT molecular complexity index is 2260. The first kappa shape index (κ1) is 42.0. The molecule has 3 aromatic carbocycles. The SMILES string of the molecule is C\C=C/C(=C\C=C\Nc1ccc(OC)cc1)/N=N/C1=C(O)OC2(CCC(C3CCC4(CC3)OC(=O)C(/N=N/c3ccc(Nc5ccc(OC)cc5)cc3)=C(O)O4)CC2)OC1=O. The average molecular weight is 833 g/mol. The predicted octanol–water partition coefficient (Wildman–Crippen LogP) is 10.4. The second-order valence-electron chi connectivity index (χ2n) is 14.9. The number of nitrogens with zero attached hydrogens (tertiary/aromatic N) is 4. The van der Waals surface area contributed by atoms with E-state index in [2.05, 4.69) is 31.1 Å². The molecule has 0 saturated heterocycles. The molecule has 2 aliphatic carbocycles. The van der Waals surface area contributed by atoms with Gasteiger partial charge in [-0.05, 0) is 135 Å². The van der Waals surface area contributed by atoms with Crippen LogP contribution in [0.4, 0.5) is 22.7 Å². The van der Waals surface area contributed by atoms with E-state index < -0.39 is 46.8 Å². The van der Waals surface area contributed by atoms with Crippen molar-refractivity contribution in [1.29, 1.82) is 0 Å². The Labute approximate surface area is 353 Å². The lowest BCUT2D eigenvalue weighted by atomic mass is 9.70. The number of ether oxygens (including phenoxy) is 6. The van der Waals surface area contributed by atoms with E-state index in [0.717, 1.165) is 28.6 Å². The van der Waals surface area contributed by atoms with Gasteiger partial charge in [0.1, 0.15) is 11.5 Å². The van der Waals surface area contributed by atoms with Crippen molar-refractivity contribution in [3.63, 3.8) is 0 Å². The summed E-state index contributed by atoms with van der Waals surface area (Å²) in [6.45, 7) is 1.82. The fourth-order valence-corrected chi connectivity index (χ4v) is 7.72. The molecule has 2 fully saturated rings. The summed E-state index contributed by atoms with van der Waals surface area (Å²) in [6.07, 6.45) is 12.8. The smallest absolute Gasteiger partial charge is 0.369 e. The van der Waals surface area contributed by atoms with Gasteiger partial charge in [0.15, 0.2) is 0 Å². The molecular formula is C45H48N6O10. The highest BCUT2D eigenvalue weighted by Crippen LogP contribution is 2.49. The van der Waals surface area contributed by atoms with E-state index in [1.165, 1.54) is 0 Å². The van der Waals surface area contributed by atoms with Gasteiger partial charge in [0, 0.05) is 48.9 Å². The summed E-state index contributed by atoms with van der Waals surface area (Å²) in [7, 11) is 3.22. The zero-order valence-electron chi connectivity index (χ0n) is 34.1. The van der Waals surface area contributed by atoms with Crippen molar-refractivity contribution in [2.45, 2.75) is 69.9 Å². The minimum absolute atomic E-state index is 0.267. The quantitative estimate of drug-likeness (QED) is 0.0722. The van der Waals surface area contributed by atoms with Gasteiger partial charge in [-0.15, -0.1) is 10.2 Å². The molecule has 0 amide bonds. The molecule has 3 aromatic rings. The van der Waals surface area contributed by atoms with Crippen molar-refractivity contribution in [3.05, 3.63) is 132 Å². The standard InChI is InChI=1S/C45H48N6O10/c1-4-6-34(7-5-28-46-31-12-16-36(56-2)17-13-31)48-50-38-40(52)58-44(59-41(38)53)24-20-29(21-25-44)30-22-26-45(27-23-30)60-42(54)39(43(55)61-45)51-49-35-10-8-32(9-11-35)47-33-14-18-37(57-3)19-15-33/h4-19,28-30,46-47,52,54H,20-27H2,1-3H3/b6-4-,28-5+,34-7+,50-48+,51-49+. The highest BCUT2D eigenvalue weighted by molar-refractivity contribution is 5.89. The van der Waals surface area contributed by atoms with E-state index in [1.807, 2.05) is 67.6 Å². The van der Waals surface area contributed by atoms with Crippen LogP contribution in [0.2, 0.25) is 0 Å². The average Bonchev–Trinajstić information content (AvgIpc) is 3.26. The maximum Gasteiger partial charge on any atom is 0.369 e. The Hall–Kier alpha value is -7.10. The zero-order chi connectivity index (χ0) is 42.8. The molecule has 7 rings (SSSR count). The highest BCUT2D eigenvalue weighted by atomic mass is 16.8. The minimum Gasteiger partial charge on any atom is -0.497 e. The van der Waals surface area contributed by atoms with E-state index in [9.17, 15) is 19.8 Å². The Morgan fingerprint density at radius 1 is 0.672 bits per heavy atom. The molecule has 2 heterocycles. The van der Waals surface area contributed by atoms with E-state index in [0.29, 0.717) is 62.8 Å². The zero-order valence-corrected chi connectivity index (χ0v) is 34.1. The lowest BCUT2D eigenvalue weighted by Crippen LogP contribution is -2.48. The van der Waals surface area contributed by atoms with Gasteiger partial charge >= 0.3 is 23.8 Å². The molecule has 0 bridgehead atoms. The molecule has 0 atom stereocenters. The maximum absolute atomic E-state index is 13.1. The lowest BCUT2D eigenvalue weighted by Gasteiger charge is -2.45. The Kier molecular flexibility index (Phi) is 13.0. The first-order chi connectivity index (χ1) is 29.6. The summed E-state index contributed by atoms with van der Waals surface area (Å²) >= 11 is 0. The topological polar surface area (TPSA) is 203 Å². The number of carbonyl (C=O) groups excluding carboxylic acids is 2. The number of anilines is 3. The van der Waals surface area contributed by atoms with Gasteiger partial charge in [0.2, 0.25) is 0 Å². The van der Waals surface area contributed by atoms with Crippen LogP contribution in [-0.2, 0) is 28.5 Å². The number of hydrogen-bond donors (Lipinski definition) is 4. The number of aliphatic hydroxyl groups excluding tert-OH is 2. The molecule has 61 heavy (non-hydrogen) atoms. The second kappa shape index (κ2) is 18.9. The summed E-state index contributed by atoms with van der Waals surface area (Å²) in [5, 5.41) is 44.1. The minimum atomic E-state index is -1.30. The van der Waals surface area contributed by atoms with Gasteiger partial charge in [0.05, 0.1) is 25.6 Å². The number of benzene rings is 3. The van der Waals surface area contributed by atoms with Gasteiger partial charge < -0.3 is 49.3 Å². The number of azo groups is 2. The van der Waals surface area contributed by atoms with Gasteiger partial charge in [-0.1, -0.05) is 6.08 Å². The van der Waals surface area contributed by atoms with Gasteiger partial charge in [-0.25, -0.2) is 9.59 Å². The molecule has 0 unspecified atom stereocenters. The molecule has 2 saturated carbocycles. The van der Waals surface area contributed by atoms with Gasteiger partial charge in [0.25, 0.3) is 23.0 Å². The Morgan fingerprint density at radius 3 is 1.62 bits per heavy atom. The van der Waals surface area contributed by atoms with Crippen LogP contribution < -0.4 is 20.1 Å². The molecule has 16 heteroatoms. The number of nitrogens with one attached hydrogen (secondary N) is 2. The molecule has 4 N–H and O–H groups in total. The maximum atomic E-state index is 13.1. The first-order valence-electron chi connectivity index (χ1n) is 20.0. The Morgan fingerprint density at radius 2 is 1.15 bits per heavy atom. The van der Waals surface area contributed by atoms with E-state index >= 15 is 0 Å². The number of aliphatic hydroxyl groups is 2. The van der Waals surface area contributed by atoms with E-state index in [1.54, 1.807) is 56.9 Å². The third-order valence-corrected chi connectivity index (χ3v) is 11.0. The van der Waals surface area contributed by atoms with Crippen molar-refractivity contribution in [2.24, 2.45) is 32.3 Å². The van der Waals surface area contributed by atoms with Crippen LogP contribution in [0.1, 0.15) is 58.3 Å². The number of esters is 2. The van der Waals surface area contributed by atoms with Crippen LogP contribution >= 0.6 is 0 Å². The van der Waals surface area contributed by atoms with E-state index in [4.69, 9.17) is 28.4 Å². The normalized spacial score (nSPS) is 24.7. The van der Waals surface area contributed by atoms with Crippen LogP contribution in [0, 0.1) is 11.8 Å². The second-order valence-corrected chi connectivity index (χ2v) is 14.9. The van der Waals surface area contributed by atoms with Crippen LogP contribution in [-0.4, -0.2) is 47.9 Å². The largest absolute Gasteiger partial charge is 0.497 e. The molecule has 2 aliphatic heterocycles. The lowest BCUT2D eigenvalue weighted by molar-refractivity contribution is -0.262. The van der Waals surface area contributed by atoms with Crippen LogP contribution in [0.5, 0.6) is 11.5 Å². The molecule has 2 spiro atoms. The number of rotatable bonds is 13. The molecule has 318 valence electrons. The molecular weight excluding hydrogens is 785 g/mol. The summed E-state index contributed by atoms with van der Waals surface area (Å²) in [6, 6.07) is 22.0. The molecule has 0 radical (unpaired) electrons. The van der Waals surface area contributed by atoms with Gasteiger partial charge in [-0.3, -0.25) is 0 Å². The Balaban J connectivity index is 0.884. The van der Waals surface area contributed by atoms with E-state index in [-0.39, 0.29) is 11.8 Å². The number of allylic oxidation sites excluding steroid dienone is 4. The molecule has 16 nitrogen and oxygen atoms in total. The van der Waals surface area contributed by atoms with Crippen LogP contribution in [0.25, 0.3) is 0 Å². The number of hydrogen-bond acceptors (Lipinski definition) is 16. The third-order valence-electron chi connectivity index (χ3n) is 11.0. The number of methoxy groups -OCH3 is 2. The fraction of sp³-hybridized carbons (Fsp3) is 0.333. The van der Waals surface area contributed by atoms with Crippen LogP contribution in [0.3, 0.4) is 0 Å². The van der Waals surface area contributed by atoms with Gasteiger partial charge in [-0.2, -0.15) is 10.2 Å². The molecule has 4 aliphatic rings. The summed E-state index contributed by atoms with van der Waals surface area (Å²) in [4.78, 5) is 26.2. The van der Waals surface area contributed by atoms with Crippen molar-refractivity contribution >= 4 is 34.7 Å².